The molecule has 0 aliphatic carbocycles. The van der Waals surface area contributed by atoms with Gasteiger partial charge in [-0.2, -0.15) is 10.1 Å². The topological polar surface area (TPSA) is 169 Å². The number of benzene rings is 3. The fourth-order valence-electron chi connectivity index (χ4n) is 8.69. The van der Waals surface area contributed by atoms with Crippen LogP contribution in [-0.2, 0) is 16.8 Å². The number of carbonyl (C=O) groups excluding carboxylic acids is 3. The fraction of sp³-hybridized carbons (Fsp3) is 0.383. The molecule has 3 saturated heterocycles. The van der Waals surface area contributed by atoms with Gasteiger partial charge in [0.15, 0.2) is 5.65 Å². The standard InChI is InChI=1S/C47H52FN11O4/c1-29-32(26-50-44(61)43-52-45(63-55-43)47(2,3)4)7-14-37(40(29)48)41-38-25-33(27-49-42(38)54-53-41)31-5-8-34(9-6-31)58-23-21-56(22-24-58)28-30-15-18-57(19-16-30)35-10-12-36(13-11-35)59-20-17-39(60)51-46(59)62/h5-14,25,27,30H,15-24,26,28H2,1-4H3,(H,50,61)(H,49,53,54)(H,51,60,62). The summed E-state index contributed by atoms with van der Waals surface area (Å²) < 4.78 is 21.3. The van der Waals surface area contributed by atoms with Crippen molar-refractivity contribution in [2.75, 3.05) is 67.1 Å². The van der Waals surface area contributed by atoms with E-state index in [2.05, 4.69) is 87.1 Å². The highest BCUT2D eigenvalue weighted by molar-refractivity contribution is 6.05. The second-order valence-corrected chi connectivity index (χ2v) is 17.8. The Kier molecular flexibility index (Phi) is 11.4. The minimum absolute atomic E-state index is 0.0656. The molecule has 3 aromatic carbocycles. The van der Waals surface area contributed by atoms with E-state index in [0.29, 0.717) is 58.2 Å². The van der Waals surface area contributed by atoms with Gasteiger partial charge >= 0.3 is 6.03 Å². The van der Waals surface area contributed by atoms with Crippen molar-refractivity contribution in [2.45, 2.75) is 58.9 Å². The molecular formula is C47H52FN11O4. The molecule has 6 aromatic rings. The molecule has 4 amide bonds. The van der Waals surface area contributed by atoms with Crippen LogP contribution in [0.3, 0.4) is 0 Å². The number of piperidine rings is 1. The lowest BCUT2D eigenvalue weighted by molar-refractivity contribution is -0.120. The third kappa shape index (κ3) is 8.85. The van der Waals surface area contributed by atoms with E-state index >= 15 is 4.39 Å². The molecule has 15 nitrogen and oxygen atoms in total. The number of halogens is 1. The van der Waals surface area contributed by atoms with Gasteiger partial charge in [-0.1, -0.05) is 44.1 Å². The molecule has 0 saturated carbocycles. The first-order chi connectivity index (χ1) is 30.4. The minimum Gasteiger partial charge on any atom is -0.372 e. The van der Waals surface area contributed by atoms with Gasteiger partial charge in [0.1, 0.15) is 11.5 Å². The predicted molar refractivity (Wildman–Crippen MR) is 239 cm³/mol. The predicted octanol–water partition coefficient (Wildman–Crippen LogP) is 6.83. The lowest BCUT2D eigenvalue weighted by Gasteiger charge is -2.40. The van der Waals surface area contributed by atoms with Gasteiger partial charge in [0, 0.05) is 111 Å². The van der Waals surface area contributed by atoms with Crippen molar-refractivity contribution in [3.8, 4) is 22.4 Å². The Morgan fingerprint density at radius 3 is 2.24 bits per heavy atom. The molecular weight excluding hydrogens is 802 g/mol. The molecule has 3 fully saturated rings. The number of carbonyl (C=O) groups is 3. The van der Waals surface area contributed by atoms with E-state index in [1.54, 1.807) is 24.0 Å². The number of nitrogens with one attached hydrogen (secondary N) is 3. The molecule has 0 spiro atoms. The molecule has 0 unspecified atom stereocenters. The molecule has 0 bridgehead atoms. The van der Waals surface area contributed by atoms with Gasteiger partial charge in [0.25, 0.3) is 11.7 Å². The number of imide groups is 1. The number of rotatable bonds is 10. The zero-order valence-electron chi connectivity index (χ0n) is 36.1. The summed E-state index contributed by atoms with van der Waals surface area (Å²) in [5.41, 5.74) is 7.08. The number of hydrogen-bond donors (Lipinski definition) is 3. The van der Waals surface area contributed by atoms with Crippen molar-refractivity contribution in [2.24, 2.45) is 5.92 Å². The molecule has 326 valence electrons. The Bertz CT molecular complexity index is 2640. The Morgan fingerprint density at radius 1 is 0.873 bits per heavy atom. The highest BCUT2D eigenvalue weighted by Gasteiger charge is 2.28. The quantitative estimate of drug-likeness (QED) is 0.132. The second-order valence-electron chi connectivity index (χ2n) is 17.8. The van der Waals surface area contributed by atoms with Crippen molar-refractivity contribution in [3.63, 3.8) is 0 Å². The Hall–Kier alpha value is -6.68. The molecule has 9 rings (SSSR count). The van der Waals surface area contributed by atoms with E-state index in [1.807, 2.05) is 45.2 Å². The van der Waals surface area contributed by atoms with Gasteiger partial charge in [0.05, 0.1) is 0 Å². The maximum Gasteiger partial charge on any atom is 0.328 e. The first kappa shape index (κ1) is 41.7. The summed E-state index contributed by atoms with van der Waals surface area (Å²) in [5.74, 6) is -0.188. The van der Waals surface area contributed by atoms with Crippen LogP contribution in [0.1, 0.15) is 67.7 Å². The summed E-state index contributed by atoms with van der Waals surface area (Å²) in [7, 11) is 0. The van der Waals surface area contributed by atoms with Crippen molar-refractivity contribution in [1.82, 2.24) is 40.9 Å². The lowest BCUT2D eigenvalue weighted by atomic mass is 9.95. The number of urea groups is 1. The molecule has 16 heteroatoms. The monoisotopic (exact) mass is 853 g/mol. The van der Waals surface area contributed by atoms with Crippen molar-refractivity contribution in [3.05, 3.63) is 102 Å². The van der Waals surface area contributed by atoms with Crippen molar-refractivity contribution >= 4 is 45.9 Å². The Balaban J connectivity index is 0.771. The minimum atomic E-state index is -0.500. The van der Waals surface area contributed by atoms with Gasteiger partial charge in [-0.3, -0.25) is 29.8 Å². The molecule has 63 heavy (non-hydrogen) atoms. The third-order valence-electron chi connectivity index (χ3n) is 12.5. The Labute approximate surface area is 365 Å². The second kappa shape index (κ2) is 17.2. The normalized spacial score (nSPS) is 16.8. The SMILES string of the molecule is Cc1c(CNC(=O)c2noc(C(C)(C)C)n2)ccc(-c2n[nH]c3ncc(-c4ccc(N5CCN(CC6CCN(c7ccc(N8CCC(=O)NC8=O)cc7)CC6)CC5)cc4)cc23)c1F. The molecule has 3 N–H and O–H groups in total. The van der Waals surface area contributed by atoms with Crippen molar-refractivity contribution < 1.29 is 23.3 Å². The number of aromatic nitrogens is 5. The summed E-state index contributed by atoms with van der Waals surface area (Å²) in [6.07, 6.45) is 4.41. The summed E-state index contributed by atoms with van der Waals surface area (Å²) in [6, 6.07) is 21.8. The van der Waals surface area contributed by atoms with Gasteiger partial charge in [-0.15, -0.1) is 0 Å². The average molecular weight is 854 g/mol. The van der Waals surface area contributed by atoms with Crippen LogP contribution in [0.25, 0.3) is 33.4 Å². The zero-order valence-corrected chi connectivity index (χ0v) is 36.1. The largest absolute Gasteiger partial charge is 0.372 e. The van der Waals surface area contributed by atoms with Crippen LogP contribution in [0.5, 0.6) is 0 Å². The summed E-state index contributed by atoms with van der Waals surface area (Å²) in [4.78, 5) is 54.4. The maximum atomic E-state index is 16.0. The summed E-state index contributed by atoms with van der Waals surface area (Å²) in [6.45, 7) is 15.0. The fourth-order valence-corrected chi connectivity index (χ4v) is 8.69. The number of hydrogen-bond acceptors (Lipinski definition) is 11. The molecule has 0 radical (unpaired) electrons. The van der Waals surface area contributed by atoms with E-state index < -0.39 is 11.7 Å². The number of aromatic amines is 1. The van der Waals surface area contributed by atoms with Crippen LogP contribution in [0.15, 0.2) is 77.4 Å². The van der Waals surface area contributed by atoms with Crippen LogP contribution < -0.4 is 25.3 Å². The molecule has 3 aliphatic heterocycles. The average Bonchev–Trinajstić information content (AvgIpc) is 3.97. The van der Waals surface area contributed by atoms with Crippen LogP contribution in [0.2, 0.25) is 0 Å². The maximum absolute atomic E-state index is 16.0. The van der Waals surface area contributed by atoms with E-state index in [4.69, 9.17) is 4.52 Å². The molecule has 3 aromatic heterocycles. The number of amides is 4. The smallest absolute Gasteiger partial charge is 0.328 e. The van der Waals surface area contributed by atoms with E-state index in [1.165, 1.54) is 11.4 Å². The number of anilines is 3. The third-order valence-corrected chi connectivity index (χ3v) is 12.5. The number of fused-ring (bicyclic) bond motifs is 1. The van der Waals surface area contributed by atoms with Crippen molar-refractivity contribution in [1.29, 1.82) is 0 Å². The van der Waals surface area contributed by atoms with Crippen LogP contribution in [0, 0.1) is 18.7 Å². The van der Waals surface area contributed by atoms with E-state index in [9.17, 15) is 14.4 Å². The Morgan fingerprint density at radius 2 is 1.56 bits per heavy atom. The molecule has 3 aliphatic rings. The van der Waals surface area contributed by atoms with E-state index in [-0.39, 0.29) is 29.7 Å². The lowest BCUT2D eigenvalue weighted by Crippen LogP contribution is -2.49. The zero-order chi connectivity index (χ0) is 43.8. The van der Waals surface area contributed by atoms with Crippen LogP contribution >= 0.6 is 0 Å². The number of pyridine rings is 1. The summed E-state index contributed by atoms with van der Waals surface area (Å²) in [5, 5.41) is 17.1. The number of H-pyrrole nitrogens is 1. The highest BCUT2D eigenvalue weighted by atomic mass is 19.1. The molecule has 0 atom stereocenters. The van der Waals surface area contributed by atoms with Crippen LogP contribution in [-0.4, -0.2) is 100 Å². The highest BCUT2D eigenvalue weighted by Crippen LogP contribution is 2.34. The number of nitrogens with zero attached hydrogens (tertiary/aromatic N) is 8. The first-order valence-corrected chi connectivity index (χ1v) is 21.7. The van der Waals surface area contributed by atoms with Crippen LogP contribution in [0.4, 0.5) is 26.2 Å². The number of piperazine rings is 1. The summed E-state index contributed by atoms with van der Waals surface area (Å²) >= 11 is 0. The van der Waals surface area contributed by atoms with E-state index in [0.717, 1.165) is 75.5 Å². The van der Waals surface area contributed by atoms with Gasteiger partial charge in [0.2, 0.25) is 11.8 Å². The first-order valence-electron chi connectivity index (χ1n) is 21.7. The van der Waals surface area contributed by atoms with Gasteiger partial charge in [-0.25, -0.2) is 14.2 Å². The molecule has 6 heterocycles. The van der Waals surface area contributed by atoms with Gasteiger partial charge < -0.3 is 19.6 Å². The van der Waals surface area contributed by atoms with Gasteiger partial charge in [-0.05, 0) is 90.9 Å².